The summed E-state index contributed by atoms with van der Waals surface area (Å²) in [7, 11) is 1.99. The van der Waals surface area contributed by atoms with Gasteiger partial charge in [-0.05, 0) is 26.8 Å². The van der Waals surface area contributed by atoms with Gasteiger partial charge in [0.2, 0.25) is 0 Å². The molecule has 0 amide bonds. The number of carbonyl (C=O) groups is 1. The average Bonchev–Trinajstić information content (AvgIpc) is 2.43. The molecule has 0 saturated heterocycles. The molecule has 0 spiro atoms. The fourth-order valence-electron chi connectivity index (χ4n) is 2.09. The predicted octanol–water partition coefficient (Wildman–Crippen LogP) is 1.45. The second-order valence-corrected chi connectivity index (χ2v) is 4.73. The standard InChI is InChI=1S/C12H23NO2/c1-10(9-14)13(2)8-11-6-4-3-5-7-12(11)15/h10-11,14H,3-9H2,1-2H3. The number of hydrogen-bond donors (Lipinski definition) is 1. The van der Waals surface area contributed by atoms with Gasteiger partial charge in [-0.25, -0.2) is 0 Å². The molecule has 0 aromatic carbocycles. The van der Waals surface area contributed by atoms with Crippen LogP contribution in [0.2, 0.25) is 0 Å². The molecule has 1 N–H and O–H groups in total. The number of aliphatic hydroxyl groups is 1. The monoisotopic (exact) mass is 213 g/mol. The Bertz CT molecular complexity index is 206. The van der Waals surface area contributed by atoms with Crippen LogP contribution in [0.5, 0.6) is 0 Å². The summed E-state index contributed by atoms with van der Waals surface area (Å²) in [5.41, 5.74) is 0. The number of rotatable bonds is 4. The lowest BCUT2D eigenvalue weighted by Crippen LogP contribution is -2.37. The van der Waals surface area contributed by atoms with Gasteiger partial charge in [0, 0.05) is 24.9 Å². The Morgan fingerprint density at radius 2 is 2.20 bits per heavy atom. The summed E-state index contributed by atoms with van der Waals surface area (Å²) < 4.78 is 0. The summed E-state index contributed by atoms with van der Waals surface area (Å²) in [6, 6.07) is 0.154. The summed E-state index contributed by atoms with van der Waals surface area (Å²) >= 11 is 0. The zero-order valence-electron chi connectivity index (χ0n) is 9.91. The predicted molar refractivity (Wildman–Crippen MR) is 60.8 cm³/mol. The summed E-state index contributed by atoms with van der Waals surface area (Å²) in [6.45, 7) is 2.96. The quantitative estimate of drug-likeness (QED) is 0.719. The summed E-state index contributed by atoms with van der Waals surface area (Å²) in [4.78, 5) is 13.9. The van der Waals surface area contributed by atoms with Crippen LogP contribution in [0.3, 0.4) is 0 Å². The number of aliphatic hydroxyl groups excluding tert-OH is 1. The van der Waals surface area contributed by atoms with Crippen LogP contribution in [0.1, 0.15) is 39.0 Å². The number of likely N-dealkylation sites (N-methyl/N-ethyl adjacent to an activating group) is 1. The third-order valence-electron chi connectivity index (χ3n) is 3.46. The molecule has 1 aliphatic carbocycles. The van der Waals surface area contributed by atoms with Gasteiger partial charge in [0.05, 0.1) is 6.61 Å². The maximum atomic E-state index is 11.8. The molecule has 1 aliphatic rings. The number of hydrogen-bond acceptors (Lipinski definition) is 3. The van der Waals surface area contributed by atoms with Crippen LogP contribution >= 0.6 is 0 Å². The lowest BCUT2D eigenvalue weighted by Gasteiger charge is -2.26. The minimum Gasteiger partial charge on any atom is -0.395 e. The summed E-state index contributed by atoms with van der Waals surface area (Å²) in [6.07, 6.45) is 5.22. The molecule has 0 aromatic heterocycles. The van der Waals surface area contributed by atoms with E-state index in [1.54, 1.807) is 0 Å². The van der Waals surface area contributed by atoms with Crippen molar-refractivity contribution in [2.45, 2.75) is 45.1 Å². The minimum atomic E-state index is 0.154. The Balaban J connectivity index is 2.44. The molecule has 2 atom stereocenters. The third kappa shape index (κ3) is 3.92. The zero-order valence-corrected chi connectivity index (χ0v) is 9.91. The van der Waals surface area contributed by atoms with E-state index in [1.165, 1.54) is 12.8 Å². The molecule has 15 heavy (non-hydrogen) atoms. The first-order chi connectivity index (χ1) is 7.15. The molecule has 88 valence electrons. The molecule has 0 aromatic rings. The van der Waals surface area contributed by atoms with Crippen molar-refractivity contribution >= 4 is 5.78 Å². The summed E-state index contributed by atoms with van der Waals surface area (Å²) in [5.74, 6) is 0.621. The van der Waals surface area contributed by atoms with E-state index in [9.17, 15) is 4.79 Å². The van der Waals surface area contributed by atoms with Crippen molar-refractivity contribution in [3.05, 3.63) is 0 Å². The first kappa shape index (κ1) is 12.7. The topological polar surface area (TPSA) is 40.5 Å². The fraction of sp³-hybridized carbons (Fsp3) is 0.917. The van der Waals surface area contributed by atoms with Gasteiger partial charge in [0.25, 0.3) is 0 Å². The van der Waals surface area contributed by atoms with Crippen molar-refractivity contribution in [2.24, 2.45) is 5.92 Å². The van der Waals surface area contributed by atoms with Crippen molar-refractivity contribution in [1.29, 1.82) is 0 Å². The molecule has 0 heterocycles. The Morgan fingerprint density at radius 3 is 2.87 bits per heavy atom. The van der Waals surface area contributed by atoms with Crippen LogP contribution in [0, 0.1) is 5.92 Å². The highest BCUT2D eigenvalue weighted by molar-refractivity contribution is 5.81. The molecule has 0 bridgehead atoms. The van der Waals surface area contributed by atoms with Crippen LogP contribution in [-0.2, 0) is 4.79 Å². The van der Waals surface area contributed by atoms with Gasteiger partial charge >= 0.3 is 0 Å². The highest BCUT2D eigenvalue weighted by Gasteiger charge is 2.23. The van der Waals surface area contributed by atoms with E-state index in [0.29, 0.717) is 5.78 Å². The van der Waals surface area contributed by atoms with Crippen LogP contribution in [0.4, 0.5) is 0 Å². The van der Waals surface area contributed by atoms with E-state index in [4.69, 9.17) is 5.11 Å². The number of ketones is 1. The summed E-state index contributed by atoms with van der Waals surface area (Å²) in [5, 5.41) is 9.03. The van der Waals surface area contributed by atoms with Gasteiger partial charge in [-0.3, -0.25) is 4.79 Å². The zero-order chi connectivity index (χ0) is 11.3. The number of Topliss-reactive ketones (excluding diaryl/α,β-unsaturated/α-hetero) is 1. The highest BCUT2D eigenvalue weighted by atomic mass is 16.3. The van der Waals surface area contributed by atoms with Gasteiger partial charge in [-0.1, -0.05) is 12.8 Å². The molecule has 1 rings (SSSR count). The molecule has 1 fully saturated rings. The molecule has 0 aliphatic heterocycles. The first-order valence-corrected chi connectivity index (χ1v) is 5.99. The van der Waals surface area contributed by atoms with E-state index < -0.39 is 0 Å². The van der Waals surface area contributed by atoms with Crippen molar-refractivity contribution in [3.63, 3.8) is 0 Å². The van der Waals surface area contributed by atoms with E-state index in [2.05, 4.69) is 4.90 Å². The number of nitrogens with zero attached hydrogens (tertiary/aromatic N) is 1. The lowest BCUT2D eigenvalue weighted by molar-refractivity contribution is -0.123. The van der Waals surface area contributed by atoms with E-state index in [1.807, 2.05) is 14.0 Å². The van der Waals surface area contributed by atoms with Crippen LogP contribution in [-0.4, -0.2) is 42.0 Å². The lowest BCUT2D eigenvalue weighted by atomic mass is 9.98. The Morgan fingerprint density at radius 1 is 1.47 bits per heavy atom. The second-order valence-electron chi connectivity index (χ2n) is 4.73. The van der Waals surface area contributed by atoms with Crippen molar-refractivity contribution < 1.29 is 9.90 Å². The molecule has 3 heteroatoms. The largest absolute Gasteiger partial charge is 0.395 e. The maximum absolute atomic E-state index is 11.8. The number of carbonyl (C=O) groups excluding carboxylic acids is 1. The molecule has 0 radical (unpaired) electrons. The van der Waals surface area contributed by atoms with Gasteiger partial charge < -0.3 is 10.0 Å². The smallest absolute Gasteiger partial charge is 0.137 e. The van der Waals surface area contributed by atoms with Crippen LogP contribution in [0.15, 0.2) is 0 Å². The van der Waals surface area contributed by atoms with Gasteiger partial charge in [0.15, 0.2) is 0 Å². The second kappa shape index (κ2) is 6.23. The molecular formula is C12H23NO2. The van der Waals surface area contributed by atoms with Crippen molar-refractivity contribution in [3.8, 4) is 0 Å². The van der Waals surface area contributed by atoms with Crippen molar-refractivity contribution in [1.82, 2.24) is 4.90 Å². The first-order valence-electron chi connectivity index (χ1n) is 5.99. The van der Waals surface area contributed by atoms with E-state index in [0.717, 1.165) is 25.8 Å². The Hall–Kier alpha value is -0.410. The van der Waals surface area contributed by atoms with Gasteiger partial charge in [-0.2, -0.15) is 0 Å². The van der Waals surface area contributed by atoms with Crippen LogP contribution < -0.4 is 0 Å². The van der Waals surface area contributed by atoms with Gasteiger partial charge in [0.1, 0.15) is 5.78 Å². The molecular weight excluding hydrogens is 190 g/mol. The normalized spacial score (nSPS) is 25.3. The molecule has 3 nitrogen and oxygen atoms in total. The molecule has 2 unspecified atom stereocenters. The van der Waals surface area contributed by atoms with E-state index in [-0.39, 0.29) is 18.6 Å². The van der Waals surface area contributed by atoms with Gasteiger partial charge in [-0.15, -0.1) is 0 Å². The highest BCUT2D eigenvalue weighted by Crippen LogP contribution is 2.21. The molecule has 1 saturated carbocycles. The van der Waals surface area contributed by atoms with E-state index >= 15 is 0 Å². The SMILES string of the molecule is CC(CO)N(C)CC1CCCCCC1=O. The maximum Gasteiger partial charge on any atom is 0.137 e. The third-order valence-corrected chi connectivity index (χ3v) is 3.46. The Kier molecular flexibility index (Phi) is 5.26. The minimum absolute atomic E-state index is 0.154. The van der Waals surface area contributed by atoms with Crippen molar-refractivity contribution in [2.75, 3.05) is 20.2 Å². The fourth-order valence-corrected chi connectivity index (χ4v) is 2.09. The average molecular weight is 213 g/mol. The van der Waals surface area contributed by atoms with Crippen LogP contribution in [0.25, 0.3) is 0 Å². The Labute approximate surface area is 92.5 Å².